The predicted octanol–water partition coefficient (Wildman–Crippen LogP) is 3.58. The molecule has 0 aliphatic carbocycles. The molecule has 2 aromatic heterocycles. The summed E-state index contributed by atoms with van der Waals surface area (Å²) in [6, 6.07) is 14.9. The molecule has 1 fully saturated rings. The molecule has 0 atom stereocenters. The Morgan fingerprint density at radius 2 is 1.93 bits per heavy atom. The normalized spacial score (nSPS) is 19.8. The number of hydrogen-bond acceptors (Lipinski definition) is 3. The summed E-state index contributed by atoms with van der Waals surface area (Å²) in [6.45, 7) is 6.58. The summed E-state index contributed by atoms with van der Waals surface area (Å²) < 4.78 is 5.21. The molecule has 0 bridgehead atoms. The molecule has 1 saturated heterocycles. The molecule has 1 aromatic carbocycles. The van der Waals surface area contributed by atoms with E-state index in [-0.39, 0.29) is 0 Å². The number of quaternary nitrogens is 1. The Morgan fingerprint density at radius 3 is 2.64 bits per heavy atom. The second-order valence-electron chi connectivity index (χ2n) is 7.93. The van der Waals surface area contributed by atoms with Gasteiger partial charge in [0.15, 0.2) is 6.67 Å². The van der Waals surface area contributed by atoms with Crippen molar-refractivity contribution in [2.24, 2.45) is 5.92 Å². The number of rotatable bonds is 7. The molecule has 0 radical (unpaired) electrons. The first-order chi connectivity index (χ1) is 13.7. The van der Waals surface area contributed by atoms with Crippen molar-refractivity contribution in [2.75, 3.05) is 13.1 Å². The Bertz CT molecular complexity index is 919. The van der Waals surface area contributed by atoms with Crippen LogP contribution >= 0.6 is 23.6 Å². The number of aromatic nitrogens is 3. The van der Waals surface area contributed by atoms with Gasteiger partial charge < -0.3 is 9.47 Å². The Morgan fingerprint density at radius 1 is 1.14 bits per heavy atom. The highest BCUT2D eigenvalue weighted by Crippen LogP contribution is 2.15. The zero-order chi connectivity index (χ0) is 19.3. The highest BCUT2D eigenvalue weighted by Gasteiger charge is 2.21. The highest BCUT2D eigenvalue weighted by molar-refractivity contribution is 7.71. The number of piperidine rings is 1. The molecule has 1 aliphatic heterocycles. The first-order valence-electron chi connectivity index (χ1n) is 10.3. The summed E-state index contributed by atoms with van der Waals surface area (Å²) in [5.74, 6) is 1.95. The van der Waals surface area contributed by atoms with Gasteiger partial charge in [-0.2, -0.15) is 9.78 Å². The number of nitrogens with one attached hydrogen (secondary N) is 1. The summed E-state index contributed by atoms with van der Waals surface area (Å²) in [5.41, 5.74) is 1.34. The minimum Gasteiger partial charge on any atom is -0.316 e. The molecule has 3 aromatic rings. The molecule has 0 spiro atoms. The standard InChI is InChI=1S/C22H28N4S2/c1-18-9-12-24(13-10-18)17-26-22(27)25(14-11-19-6-3-2-4-7-19)21(23-26)16-20-8-5-15-28-20/h2-8,15,18H,9-14,16-17H2,1H3/p+1. The van der Waals surface area contributed by atoms with Crippen LogP contribution in [-0.2, 0) is 26.1 Å². The van der Waals surface area contributed by atoms with Crippen LogP contribution in [0.15, 0.2) is 47.8 Å². The highest BCUT2D eigenvalue weighted by atomic mass is 32.1. The van der Waals surface area contributed by atoms with E-state index < -0.39 is 0 Å². The second-order valence-corrected chi connectivity index (χ2v) is 9.33. The average molecular weight is 414 g/mol. The van der Waals surface area contributed by atoms with Crippen LogP contribution in [0.4, 0.5) is 0 Å². The molecule has 148 valence electrons. The first kappa shape index (κ1) is 19.6. The van der Waals surface area contributed by atoms with Crippen molar-refractivity contribution in [3.63, 3.8) is 0 Å². The van der Waals surface area contributed by atoms with Gasteiger partial charge in [-0.25, -0.2) is 0 Å². The van der Waals surface area contributed by atoms with Gasteiger partial charge in [0.2, 0.25) is 4.77 Å². The summed E-state index contributed by atoms with van der Waals surface area (Å²) in [7, 11) is 0. The van der Waals surface area contributed by atoms with Crippen molar-refractivity contribution >= 4 is 23.6 Å². The third-order valence-corrected chi connectivity index (χ3v) is 7.04. The quantitative estimate of drug-likeness (QED) is 0.600. The Hall–Kier alpha value is -1.76. The van der Waals surface area contributed by atoms with Crippen LogP contribution in [0.3, 0.4) is 0 Å². The fourth-order valence-electron chi connectivity index (χ4n) is 3.94. The molecular weight excluding hydrogens is 384 g/mol. The molecule has 1 N–H and O–H groups in total. The smallest absolute Gasteiger partial charge is 0.202 e. The van der Waals surface area contributed by atoms with Gasteiger partial charge in [-0.05, 0) is 54.4 Å². The third kappa shape index (κ3) is 4.80. The van der Waals surface area contributed by atoms with Gasteiger partial charge in [0.1, 0.15) is 5.82 Å². The van der Waals surface area contributed by atoms with E-state index in [1.54, 1.807) is 16.2 Å². The van der Waals surface area contributed by atoms with Crippen molar-refractivity contribution in [1.82, 2.24) is 14.3 Å². The van der Waals surface area contributed by atoms with Crippen LogP contribution in [-0.4, -0.2) is 27.4 Å². The van der Waals surface area contributed by atoms with Gasteiger partial charge in [-0.15, -0.1) is 11.3 Å². The molecule has 4 rings (SSSR count). The number of aryl methyl sites for hydroxylation is 1. The van der Waals surface area contributed by atoms with Gasteiger partial charge >= 0.3 is 0 Å². The van der Waals surface area contributed by atoms with Crippen molar-refractivity contribution in [3.05, 3.63) is 68.9 Å². The molecule has 0 saturated carbocycles. The number of benzene rings is 1. The average Bonchev–Trinajstić information content (AvgIpc) is 3.32. The Kier molecular flexibility index (Phi) is 6.40. The minimum absolute atomic E-state index is 0.856. The fraction of sp³-hybridized carbons (Fsp3) is 0.455. The summed E-state index contributed by atoms with van der Waals surface area (Å²) in [4.78, 5) is 2.94. The molecule has 6 heteroatoms. The van der Waals surface area contributed by atoms with Crippen molar-refractivity contribution in [2.45, 2.75) is 45.8 Å². The van der Waals surface area contributed by atoms with Crippen LogP contribution < -0.4 is 4.90 Å². The van der Waals surface area contributed by atoms with Crippen LogP contribution in [0.5, 0.6) is 0 Å². The van der Waals surface area contributed by atoms with Crippen molar-refractivity contribution in [3.8, 4) is 0 Å². The lowest BCUT2D eigenvalue weighted by Gasteiger charge is -2.26. The lowest BCUT2D eigenvalue weighted by molar-refractivity contribution is -0.929. The molecule has 3 heterocycles. The monoisotopic (exact) mass is 413 g/mol. The van der Waals surface area contributed by atoms with Gasteiger partial charge in [0.25, 0.3) is 0 Å². The third-order valence-electron chi connectivity index (χ3n) is 5.73. The molecule has 28 heavy (non-hydrogen) atoms. The van der Waals surface area contributed by atoms with Gasteiger partial charge in [-0.3, -0.25) is 0 Å². The van der Waals surface area contributed by atoms with Crippen molar-refractivity contribution < 1.29 is 4.90 Å². The lowest BCUT2D eigenvalue weighted by atomic mass is 10.00. The van der Waals surface area contributed by atoms with E-state index in [1.807, 2.05) is 0 Å². The molecule has 0 amide bonds. The van der Waals surface area contributed by atoms with E-state index >= 15 is 0 Å². The maximum atomic E-state index is 5.87. The van der Waals surface area contributed by atoms with Crippen molar-refractivity contribution in [1.29, 1.82) is 0 Å². The SMILES string of the molecule is CC1CC[NH+](Cn2nc(Cc3cccs3)n(CCc3ccccc3)c2=S)CC1. The van der Waals surface area contributed by atoms with Crippen LogP contribution in [0.2, 0.25) is 0 Å². The predicted molar refractivity (Wildman–Crippen MR) is 117 cm³/mol. The molecular formula is C22H29N4S2+. The molecule has 0 unspecified atom stereocenters. The van der Waals surface area contributed by atoms with Crippen LogP contribution in [0.1, 0.15) is 36.0 Å². The first-order valence-corrected chi connectivity index (χ1v) is 11.5. The van der Waals surface area contributed by atoms with Gasteiger partial charge in [-0.1, -0.05) is 43.3 Å². The van der Waals surface area contributed by atoms with Gasteiger partial charge in [0.05, 0.1) is 13.1 Å². The lowest BCUT2D eigenvalue weighted by Crippen LogP contribution is -3.12. The minimum atomic E-state index is 0.856. The van der Waals surface area contributed by atoms with E-state index in [0.717, 1.165) is 42.6 Å². The van der Waals surface area contributed by atoms with E-state index in [0.29, 0.717) is 0 Å². The largest absolute Gasteiger partial charge is 0.316 e. The Balaban J connectivity index is 1.54. The number of likely N-dealkylation sites (tertiary alicyclic amines) is 1. The summed E-state index contributed by atoms with van der Waals surface area (Å²) >= 11 is 7.66. The maximum Gasteiger partial charge on any atom is 0.202 e. The van der Waals surface area contributed by atoms with E-state index in [2.05, 4.69) is 64.0 Å². The number of hydrogen-bond donors (Lipinski definition) is 1. The molecule has 4 nitrogen and oxygen atoms in total. The van der Waals surface area contributed by atoms with E-state index in [4.69, 9.17) is 17.3 Å². The zero-order valence-electron chi connectivity index (χ0n) is 16.5. The van der Waals surface area contributed by atoms with Gasteiger partial charge in [0, 0.05) is 17.8 Å². The van der Waals surface area contributed by atoms with Crippen LogP contribution in [0.25, 0.3) is 0 Å². The second kappa shape index (κ2) is 9.16. The topological polar surface area (TPSA) is 27.2 Å². The number of thiophene rings is 1. The summed E-state index contributed by atoms with van der Waals surface area (Å²) in [6.07, 6.45) is 4.45. The summed E-state index contributed by atoms with van der Waals surface area (Å²) in [5, 5.41) is 7.10. The zero-order valence-corrected chi connectivity index (χ0v) is 18.1. The van der Waals surface area contributed by atoms with E-state index in [1.165, 1.54) is 36.4 Å². The van der Waals surface area contributed by atoms with E-state index in [9.17, 15) is 0 Å². The van der Waals surface area contributed by atoms with Crippen LogP contribution in [0, 0.1) is 10.7 Å². The Labute approximate surface area is 176 Å². The molecule has 1 aliphatic rings. The fourth-order valence-corrected chi connectivity index (χ4v) is 4.94. The number of nitrogens with zero attached hydrogens (tertiary/aromatic N) is 3. The maximum absolute atomic E-state index is 5.87.